The second-order valence-corrected chi connectivity index (χ2v) is 11.0. The van der Waals surface area contributed by atoms with Gasteiger partial charge in [0.25, 0.3) is 0 Å². The summed E-state index contributed by atoms with van der Waals surface area (Å²) in [5, 5.41) is 2.51. The monoisotopic (exact) mass is 562 g/mol. The number of hydrogen-bond acceptors (Lipinski definition) is 1. The lowest BCUT2D eigenvalue weighted by Gasteiger charge is -2.28. The third-order valence-corrected chi connectivity index (χ3v) is 8.37. The fourth-order valence-electron chi connectivity index (χ4n) is 6.37. The highest BCUT2D eigenvalue weighted by molar-refractivity contribution is 6.10. The van der Waals surface area contributed by atoms with Crippen molar-refractivity contribution in [3.8, 4) is 27.9 Å². The summed E-state index contributed by atoms with van der Waals surface area (Å²) in [5.74, 6) is 0. The molecule has 0 aliphatic heterocycles. The third kappa shape index (κ3) is 4.54. The van der Waals surface area contributed by atoms with Gasteiger partial charge in [-0.25, -0.2) is 0 Å². The first-order valence-corrected chi connectivity index (χ1v) is 15.0. The Balaban J connectivity index is 1.34. The van der Waals surface area contributed by atoms with Gasteiger partial charge in [-0.3, -0.25) is 0 Å². The van der Waals surface area contributed by atoms with E-state index >= 15 is 0 Å². The molecule has 2 heteroatoms. The Morgan fingerprint density at radius 2 is 0.977 bits per heavy atom. The van der Waals surface area contributed by atoms with E-state index in [1.165, 1.54) is 44.1 Å². The van der Waals surface area contributed by atoms with Crippen LogP contribution in [0, 0.1) is 0 Å². The average molecular weight is 563 g/mol. The Labute approximate surface area is 257 Å². The molecule has 8 aromatic rings. The molecule has 44 heavy (non-hydrogen) atoms. The molecule has 0 spiro atoms. The van der Waals surface area contributed by atoms with Crippen molar-refractivity contribution in [2.45, 2.75) is 0 Å². The van der Waals surface area contributed by atoms with Gasteiger partial charge in [-0.2, -0.15) is 0 Å². The molecule has 0 aliphatic rings. The van der Waals surface area contributed by atoms with Gasteiger partial charge in [0, 0.05) is 33.4 Å². The Morgan fingerprint density at radius 1 is 0.364 bits per heavy atom. The highest BCUT2D eigenvalue weighted by Gasteiger charge is 2.19. The van der Waals surface area contributed by atoms with E-state index in [0.29, 0.717) is 0 Å². The van der Waals surface area contributed by atoms with E-state index in [0.717, 1.165) is 22.7 Å². The van der Waals surface area contributed by atoms with E-state index < -0.39 is 0 Å². The van der Waals surface area contributed by atoms with Crippen LogP contribution in [0.15, 0.2) is 182 Å². The molecule has 0 fully saturated rings. The Kier molecular flexibility index (Phi) is 6.51. The molecule has 0 unspecified atom stereocenters. The van der Waals surface area contributed by atoms with Crippen molar-refractivity contribution in [1.29, 1.82) is 0 Å². The Bertz CT molecular complexity index is 2210. The van der Waals surface area contributed by atoms with E-state index in [2.05, 4.69) is 191 Å². The first-order chi connectivity index (χ1) is 21.8. The predicted molar refractivity (Wildman–Crippen MR) is 186 cm³/mol. The maximum atomic E-state index is 2.38. The van der Waals surface area contributed by atoms with Gasteiger partial charge in [-0.15, -0.1) is 0 Å². The number of hydrogen-bond donors (Lipinski definition) is 0. The zero-order valence-corrected chi connectivity index (χ0v) is 24.2. The molecule has 0 radical (unpaired) electrons. The van der Waals surface area contributed by atoms with Gasteiger partial charge in [0.2, 0.25) is 0 Å². The second-order valence-electron chi connectivity index (χ2n) is 11.0. The van der Waals surface area contributed by atoms with Crippen LogP contribution in [0.4, 0.5) is 17.1 Å². The van der Waals surface area contributed by atoms with Crippen LogP contribution in [0.25, 0.3) is 49.7 Å². The zero-order chi connectivity index (χ0) is 29.3. The molecule has 208 valence electrons. The van der Waals surface area contributed by atoms with Gasteiger partial charge >= 0.3 is 0 Å². The van der Waals surface area contributed by atoms with E-state index in [1.807, 2.05) is 0 Å². The maximum Gasteiger partial charge on any atom is 0.0547 e. The largest absolute Gasteiger partial charge is 0.310 e. The number of fused-ring (bicyclic) bond motifs is 3. The van der Waals surface area contributed by atoms with Crippen LogP contribution < -0.4 is 4.90 Å². The highest BCUT2D eigenvalue weighted by atomic mass is 15.1. The maximum absolute atomic E-state index is 2.38. The standard InChI is InChI=1S/C42H30N2/c1-4-15-31(16-5-1)32-17-14-22-36(29-32)43(34-18-6-2-7-19-34)40-25-12-10-23-37(40)33-27-28-39-38-24-11-13-26-41(38)44(42(39)30-33)35-20-8-3-9-21-35/h1-30H. The van der Waals surface area contributed by atoms with Crippen LogP contribution in [0.5, 0.6) is 0 Å². The Hall–Kier alpha value is -5.86. The highest BCUT2D eigenvalue weighted by Crippen LogP contribution is 2.43. The van der Waals surface area contributed by atoms with Crippen molar-refractivity contribution in [3.63, 3.8) is 0 Å². The molecule has 1 aromatic heterocycles. The molecule has 1 heterocycles. The van der Waals surface area contributed by atoms with Crippen LogP contribution >= 0.6 is 0 Å². The summed E-state index contributed by atoms with van der Waals surface area (Å²) in [6.07, 6.45) is 0. The number of rotatable bonds is 6. The molecule has 0 saturated heterocycles. The van der Waals surface area contributed by atoms with Gasteiger partial charge in [-0.05, 0) is 71.3 Å². The molecule has 7 aromatic carbocycles. The average Bonchev–Trinajstić information content (AvgIpc) is 3.44. The van der Waals surface area contributed by atoms with Crippen LogP contribution in [0.2, 0.25) is 0 Å². The molecule has 0 amide bonds. The Morgan fingerprint density at radius 3 is 1.80 bits per heavy atom. The van der Waals surface area contributed by atoms with Crippen LogP contribution in [0.1, 0.15) is 0 Å². The molecular weight excluding hydrogens is 532 g/mol. The first kappa shape index (κ1) is 25.8. The van der Waals surface area contributed by atoms with Crippen LogP contribution in [0.3, 0.4) is 0 Å². The van der Waals surface area contributed by atoms with Crippen molar-refractivity contribution >= 4 is 38.9 Å². The van der Waals surface area contributed by atoms with Gasteiger partial charge in [0.15, 0.2) is 0 Å². The summed E-state index contributed by atoms with van der Waals surface area (Å²) in [6, 6.07) is 65.1. The first-order valence-electron chi connectivity index (χ1n) is 15.0. The lowest BCUT2D eigenvalue weighted by molar-refractivity contribution is 1.18. The van der Waals surface area contributed by atoms with E-state index in [-0.39, 0.29) is 0 Å². The minimum absolute atomic E-state index is 1.12. The lowest BCUT2D eigenvalue weighted by Crippen LogP contribution is -2.11. The van der Waals surface area contributed by atoms with Crippen molar-refractivity contribution in [2.24, 2.45) is 0 Å². The molecule has 0 atom stereocenters. The molecule has 8 rings (SSSR count). The minimum atomic E-state index is 1.12. The summed E-state index contributed by atoms with van der Waals surface area (Å²) >= 11 is 0. The zero-order valence-electron chi connectivity index (χ0n) is 24.2. The molecule has 0 saturated carbocycles. The molecule has 0 N–H and O–H groups in total. The second kappa shape index (κ2) is 11.1. The number of anilines is 3. The summed E-state index contributed by atoms with van der Waals surface area (Å²) in [7, 11) is 0. The summed E-state index contributed by atoms with van der Waals surface area (Å²) in [6.45, 7) is 0. The van der Waals surface area contributed by atoms with Gasteiger partial charge < -0.3 is 9.47 Å². The van der Waals surface area contributed by atoms with Crippen molar-refractivity contribution in [1.82, 2.24) is 4.57 Å². The van der Waals surface area contributed by atoms with E-state index in [1.54, 1.807) is 0 Å². The van der Waals surface area contributed by atoms with E-state index in [4.69, 9.17) is 0 Å². The third-order valence-electron chi connectivity index (χ3n) is 8.37. The predicted octanol–water partition coefficient (Wildman–Crippen LogP) is 11.6. The summed E-state index contributed by atoms with van der Waals surface area (Å²) in [5.41, 5.74) is 11.7. The van der Waals surface area contributed by atoms with Crippen LogP contribution in [-0.4, -0.2) is 4.57 Å². The van der Waals surface area contributed by atoms with Crippen molar-refractivity contribution in [3.05, 3.63) is 182 Å². The minimum Gasteiger partial charge on any atom is -0.310 e. The molecule has 2 nitrogen and oxygen atoms in total. The van der Waals surface area contributed by atoms with E-state index in [9.17, 15) is 0 Å². The SMILES string of the molecule is c1ccc(-c2cccc(N(c3ccccc3)c3ccccc3-c3ccc4c5ccccc5n(-c5ccccc5)c4c3)c2)cc1. The fraction of sp³-hybridized carbons (Fsp3) is 0. The summed E-state index contributed by atoms with van der Waals surface area (Å²) < 4.78 is 2.38. The summed E-state index contributed by atoms with van der Waals surface area (Å²) in [4.78, 5) is 2.37. The topological polar surface area (TPSA) is 8.17 Å². The van der Waals surface area contributed by atoms with Crippen molar-refractivity contribution < 1.29 is 0 Å². The smallest absolute Gasteiger partial charge is 0.0547 e. The van der Waals surface area contributed by atoms with Gasteiger partial charge in [-0.1, -0.05) is 127 Å². The van der Waals surface area contributed by atoms with Crippen molar-refractivity contribution in [2.75, 3.05) is 4.90 Å². The van der Waals surface area contributed by atoms with Crippen LogP contribution in [-0.2, 0) is 0 Å². The van der Waals surface area contributed by atoms with Gasteiger partial charge in [0.05, 0.1) is 16.7 Å². The number of benzene rings is 7. The van der Waals surface area contributed by atoms with Gasteiger partial charge in [0.1, 0.15) is 0 Å². The number of para-hydroxylation sites is 4. The molecule has 0 bridgehead atoms. The lowest BCUT2D eigenvalue weighted by atomic mass is 9.99. The number of aromatic nitrogens is 1. The fourth-order valence-corrected chi connectivity index (χ4v) is 6.37. The molecular formula is C42H30N2. The number of nitrogens with zero attached hydrogens (tertiary/aromatic N) is 2. The quantitative estimate of drug-likeness (QED) is 0.196. The molecule has 0 aliphatic carbocycles. The normalized spacial score (nSPS) is 11.2.